The van der Waals surface area contributed by atoms with E-state index < -0.39 is 18.5 Å². The van der Waals surface area contributed by atoms with Gasteiger partial charge in [-0.2, -0.15) is 0 Å². The molecule has 5 nitrogen and oxygen atoms in total. The van der Waals surface area contributed by atoms with Crippen LogP contribution in [0.5, 0.6) is 11.5 Å². The van der Waals surface area contributed by atoms with Crippen molar-refractivity contribution in [3.8, 4) is 22.6 Å². The second-order valence-corrected chi connectivity index (χ2v) is 5.44. The van der Waals surface area contributed by atoms with Gasteiger partial charge in [0, 0.05) is 17.5 Å². The molecule has 1 atom stereocenters. The van der Waals surface area contributed by atoms with Gasteiger partial charge >= 0.3 is 12.5 Å². The van der Waals surface area contributed by atoms with Crippen molar-refractivity contribution in [3.05, 3.63) is 48.0 Å². The largest absolute Gasteiger partial charge is 0.573 e. The molecule has 0 radical (unpaired) electrons. The Hall–Kier alpha value is -2.90. The van der Waals surface area contributed by atoms with Crippen molar-refractivity contribution >= 4 is 6.09 Å². The fourth-order valence-electron chi connectivity index (χ4n) is 2.77. The summed E-state index contributed by atoms with van der Waals surface area (Å²) in [6.07, 6.45) is -5.46. The van der Waals surface area contributed by atoms with E-state index >= 15 is 0 Å². The molecule has 0 aliphatic carbocycles. The number of carboxylic acid groups (broad SMARTS) is 1. The van der Waals surface area contributed by atoms with E-state index in [0.717, 1.165) is 0 Å². The maximum absolute atomic E-state index is 12.6. The number of amides is 1. The van der Waals surface area contributed by atoms with Gasteiger partial charge in [-0.15, -0.1) is 13.2 Å². The summed E-state index contributed by atoms with van der Waals surface area (Å²) < 4.78 is 47.3. The van der Waals surface area contributed by atoms with Crippen molar-refractivity contribution in [1.29, 1.82) is 0 Å². The number of carbonyl (C=O) groups is 1. The van der Waals surface area contributed by atoms with Crippen LogP contribution in [0, 0.1) is 0 Å². The highest BCUT2D eigenvalue weighted by Gasteiger charge is 2.32. The number of alkyl halides is 3. The standard InChI is InChI=1S/C17H14F3NO4/c18-17(19,20)25-14-4-2-1-3-11(14)10-5-6-12-13(21-16(22)23)7-8-24-15(12)9-10/h1-6,9,13,21H,7-8H2,(H,22,23). The molecule has 25 heavy (non-hydrogen) atoms. The fourth-order valence-corrected chi connectivity index (χ4v) is 2.77. The van der Waals surface area contributed by atoms with Gasteiger partial charge in [-0.1, -0.05) is 30.3 Å². The minimum absolute atomic E-state index is 0.263. The number of hydrogen-bond acceptors (Lipinski definition) is 3. The Morgan fingerprint density at radius 3 is 2.72 bits per heavy atom. The molecule has 8 heteroatoms. The third kappa shape index (κ3) is 3.96. The molecule has 1 aliphatic rings. The zero-order valence-corrected chi connectivity index (χ0v) is 12.8. The monoisotopic (exact) mass is 353 g/mol. The molecular weight excluding hydrogens is 339 g/mol. The summed E-state index contributed by atoms with van der Waals surface area (Å²) in [6.45, 7) is 0.308. The molecule has 1 heterocycles. The van der Waals surface area contributed by atoms with Crippen molar-refractivity contribution in [2.45, 2.75) is 18.8 Å². The maximum Gasteiger partial charge on any atom is 0.573 e. The highest BCUT2D eigenvalue weighted by Crippen LogP contribution is 2.39. The zero-order valence-electron chi connectivity index (χ0n) is 12.8. The smallest absolute Gasteiger partial charge is 0.493 e. The number of halogens is 3. The van der Waals surface area contributed by atoms with Crippen LogP contribution in [-0.4, -0.2) is 24.2 Å². The van der Waals surface area contributed by atoms with E-state index in [0.29, 0.717) is 29.9 Å². The Bertz CT molecular complexity index is 792. The van der Waals surface area contributed by atoms with Gasteiger partial charge in [-0.25, -0.2) is 4.79 Å². The first-order valence-electron chi connectivity index (χ1n) is 7.45. The third-order valence-electron chi connectivity index (χ3n) is 3.77. The lowest BCUT2D eigenvalue weighted by Crippen LogP contribution is -2.30. The zero-order chi connectivity index (χ0) is 18.0. The summed E-state index contributed by atoms with van der Waals surface area (Å²) in [6, 6.07) is 10.2. The van der Waals surface area contributed by atoms with E-state index in [9.17, 15) is 18.0 Å². The molecular formula is C17H14F3NO4. The molecule has 2 aromatic rings. The topological polar surface area (TPSA) is 67.8 Å². The van der Waals surface area contributed by atoms with Crippen molar-refractivity contribution in [2.75, 3.05) is 6.61 Å². The van der Waals surface area contributed by atoms with Gasteiger partial charge < -0.3 is 19.9 Å². The summed E-state index contributed by atoms with van der Waals surface area (Å²) >= 11 is 0. The van der Waals surface area contributed by atoms with Crippen molar-refractivity contribution in [1.82, 2.24) is 5.32 Å². The van der Waals surface area contributed by atoms with Gasteiger partial charge in [0.25, 0.3) is 0 Å². The second-order valence-electron chi connectivity index (χ2n) is 5.44. The van der Waals surface area contributed by atoms with Crippen LogP contribution in [0.25, 0.3) is 11.1 Å². The van der Waals surface area contributed by atoms with Crippen LogP contribution in [0.2, 0.25) is 0 Å². The predicted molar refractivity (Wildman–Crippen MR) is 82.6 cm³/mol. The molecule has 0 aromatic heterocycles. The van der Waals surface area contributed by atoms with Crippen LogP contribution >= 0.6 is 0 Å². The SMILES string of the molecule is O=C(O)NC1CCOc2cc(-c3ccccc3OC(F)(F)F)ccc21. The van der Waals surface area contributed by atoms with Crippen LogP contribution in [0.4, 0.5) is 18.0 Å². The molecule has 132 valence electrons. The van der Waals surface area contributed by atoms with E-state index in [2.05, 4.69) is 10.1 Å². The van der Waals surface area contributed by atoms with E-state index in [1.807, 2.05) is 0 Å². The van der Waals surface area contributed by atoms with Crippen LogP contribution in [0.3, 0.4) is 0 Å². The lowest BCUT2D eigenvalue weighted by molar-refractivity contribution is -0.274. The van der Waals surface area contributed by atoms with Crippen molar-refractivity contribution < 1.29 is 32.5 Å². The highest BCUT2D eigenvalue weighted by atomic mass is 19.4. The number of ether oxygens (including phenoxy) is 2. The molecule has 0 fully saturated rings. The first kappa shape index (κ1) is 16.9. The number of fused-ring (bicyclic) bond motifs is 1. The Kier molecular flexibility index (Phi) is 4.43. The average molecular weight is 353 g/mol. The molecule has 3 rings (SSSR count). The van der Waals surface area contributed by atoms with E-state index in [1.165, 1.54) is 18.2 Å². The average Bonchev–Trinajstić information content (AvgIpc) is 2.53. The Morgan fingerprint density at radius 1 is 1.24 bits per heavy atom. The molecule has 0 saturated heterocycles. The lowest BCUT2D eigenvalue weighted by Gasteiger charge is -2.26. The van der Waals surface area contributed by atoms with Gasteiger partial charge in [-0.05, 0) is 17.7 Å². The first-order valence-corrected chi connectivity index (χ1v) is 7.45. The number of rotatable bonds is 3. The fraction of sp³-hybridized carbons (Fsp3) is 0.235. The minimum Gasteiger partial charge on any atom is -0.493 e. The molecule has 0 spiro atoms. The van der Waals surface area contributed by atoms with E-state index in [-0.39, 0.29) is 11.3 Å². The molecule has 1 amide bonds. The summed E-state index contributed by atoms with van der Waals surface area (Å²) in [7, 11) is 0. The quantitative estimate of drug-likeness (QED) is 0.861. The van der Waals surface area contributed by atoms with E-state index in [4.69, 9.17) is 9.84 Å². The normalized spacial score (nSPS) is 16.5. The minimum atomic E-state index is -4.79. The molecule has 0 saturated carbocycles. The van der Waals surface area contributed by atoms with Crippen LogP contribution in [-0.2, 0) is 0 Å². The van der Waals surface area contributed by atoms with Gasteiger partial charge in [-0.3, -0.25) is 0 Å². The highest BCUT2D eigenvalue weighted by molar-refractivity contribution is 5.73. The summed E-state index contributed by atoms with van der Waals surface area (Å²) in [4.78, 5) is 10.9. The number of hydrogen-bond donors (Lipinski definition) is 2. The van der Waals surface area contributed by atoms with Gasteiger partial charge in [0.1, 0.15) is 11.5 Å². The first-order chi connectivity index (χ1) is 11.8. The summed E-state index contributed by atoms with van der Waals surface area (Å²) in [5.74, 6) is 0.121. The molecule has 1 unspecified atom stereocenters. The van der Waals surface area contributed by atoms with Crippen molar-refractivity contribution in [3.63, 3.8) is 0 Å². The molecule has 0 bridgehead atoms. The number of benzene rings is 2. The predicted octanol–water partition coefficient (Wildman–Crippen LogP) is 4.34. The molecule has 1 aliphatic heterocycles. The number of para-hydroxylation sites is 1. The second kappa shape index (κ2) is 6.54. The maximum atomic E-state index is 12.6. The lowest BCUT2D eigenvalue weighted by atomic mass is 9.96. The van der Waals surface area contributed by atoms with Gasteiger partial charge in [0.05, 0.1) is 12.6 Å². The number of nitrogens with one attached hydrogen (secondary N) is 1. The van der Waals surface area contributed by atoms with E-state index in [1.54, 1.807) is 24.3 Å². The Balaban J connectivity index is 1.97. The van der Waals surface area contributed by atoms with Crippen LogP contribution in [0.15, 0.2) is 42.5 Å². The third-order valence-corrected chi connectivity index (χ3v) is 3.77. The van der Waals surface area contributed by atoms with Crippen LogP contribution < -0.4 is 14.8 Å². The Morgan fingerprint density at radius 2 is 2.00 bits per heavy atom. The summed E-state index contributed by atoms with van der Waals surface area (Å²) in [5.41, 5.74) is 1.39. The summed E-state index contributed by atoms with van der Waals surface area (Å²) in [5, 5.41) is 11.3. The van der Waals surface area contributed by atoms with Crippen molar-refractivity contribution in [2.24, 2.45) is 0 Å². The Labute approximate surface area is 141 Å². The van der Waals surface area contributed by atoms with Crippen LogP contribution in [0.1, 0.15) is 18.0 Å². The van der Waals surface area contributed by atoms with Gasteiger partial charge in [0.15, 0.2) is 0 Å². The molecule has 2 aromatic carbocycles. The molecule has 2 N–H and O–H groups in total. The van der Waals surface area contributed by atoms with Gasteiger partial charge in [0.2, 0.25) is 0 Å².